The molecule has 78 valence electrons. The summed E-state index contributed by atoms with van der Waals surface area (Å²) in [5, 5.41) is 0. The molecule has 0 spiro atoms. The Balaban J connectivity index is 2.19. The first-order valence-electron chi connectivity index (χ1n) is 4.88. The molecular weight excluding hydrogens is 190 g/mol. The van der Waals surface area contributed by atoms with Crippen LogP contribution in [0, 0.1) is 0 Å². The van der Waals surface area contributed by atoms with Crippen molar-refractivity contribution in [2.45, 2.75) is 13.5 Å². The molecule has 0 radical (unpaired) electrons. The lowest BCUT2D eigenvalue weighted by molar-refractivity contribution is 0.101. The third-order valence-electron chi connectivity index (χ3n) is 2.38. The molecule has 1 aromatic rings. The molecule has 1 aliphatic rings. The highest BCUT2D eigenvalue weighted by Gasteiger charge is 2.10. The van der Waals surface area contributed by atoms with Crippen LogP contribution >= 0.6 is 0 Å². The SMILES string of the molecule is CC(=O)c1ccccc1CN1C=COC1. The molecule has 1 heterocycles. The van der Waals surface area contributed by atoms with Gasteiger partial charge >= 0.3 is 0 Å². The Hall–Kier alpha value is -1.77. The largest absolute Gasteiger partial charge is 0.479 e. The van der Waals surface area contributed by atoms with Crippen LogP contribution in [0.4, 0.5) is 0 Å². The number of nitrogens with zero attached hydrogens (tertiary/aromatic N) is 1. The Morgan fingerprint density at radius 1 is 1.47 bits per heavy atom. The molecular formula is C12H13NO2. The van der Waals surface area contributed by atoms with E-state index in [4.69, 9.17) is 4.74 Å². The number of Topliss-reactive ketones (excluding diaryl/α,β-unsaturated/α-hetero) is 1. The van der Waals surface area contributed by atoms with Crippen molar-refractivity contribution in [2.75, 3.05) is 6.73 Å². The van der Waals surface area contributed by atoms with Gasteiger partial charge in [0.25, 0.3) is 0 Å². The van der Waals surface area contributed by atoms with Crippen LogP contribution in [0.3, 0.4) is 0 Å². The molecule has 3 heteroatoms. The molecule has 3 nitrogen and oxygen atoms in total. The molecule has 1 aromatic carbocycles. The minimum absolute atomic E-state index is 0.106. The molecule has 0 amide bonds. The quantitative estimate of drug-likeness (QED) is 0.705. The fourth-order valence-electron chi connectivity index (χ4n) is 1.63. The Labute approximate surface area is 89.0 Å². The van der Waals surface area contributed by atoms with Crippen molar-refractivity contribution in [3.05, 3.63) is 47.9 Å². The van der Waals surface area contributed by atoms with Gasteiger partial charge in [-0.3, -0.25) is 4.79 Å². The normalized spacial score (nSPS) is 14.1. The fourth-order valence-corrected chi connectivity index (χ4v) is 1.63. The highest BCUT2D eigenvalue weighted by Crippen LogP contribution is 2.14. The number of carbonyl (C=O) groups is 1. The molecule has 0 fully saturated rings. The predicted molar refractivity (Wildman–Crippen MR) is 57.1 cm³/mol. The molecule has 0 bridgehead atoms. The second kappa shape index (κ2) is 4.17. The van der Waals surface area contributed by atoms with Gasteiger partial charge in [0, 0.05) is 18.3 Å². The van der Waals surface area contributed by atoms with Crippen LogP contribution in [0.15, 0.2) is 36.7 Å². The van der Waals surface area contributed by atoms with E-state index >= 15 is 0 Å². The lowest BCUT2D eigenvalue weighted by Gasteiger charge is -2.15. The highest BCUT2D eigenvalue weighted by atomic mass is 16.5. The molecule has 15 heavy (non-hydrogen) atoms. The maximum atomic E-state index is 11.4. The maximum absolute atomic E-state index is 11.4. The van der Waals surface area contributed by atoms with Gasteiger partial charge in [0.1, 0.15) is 6.26 Å². The Bertz CT molecular complexity index is 398. The van der Waals surface area contributed by atoms with Gasteiger partial charge < -0.3 is 9.64 Å². The zero-order valence-electron chi connectivity index (χ0n) is 8.64. The lowest BCUT2D eigenvalue weighted by Crippen LogP contribution is -2.16. The van der Waals surface area contributed by atoms with Crippen LogP contribution in [-0.4, -0.2) is 17.4 Å². The molecule has 0 saturated heterocycles. The zero-order chi connectivity index (χ0) is 10.7. The Morgan fingerprint density at radius 2 is 2.27 bits per heavy atom. The third kappa shape index (κ3) is 2.18. The van der Waals surface area contributed by atoms with Crippen LogP contribution in [-0.2, 0) is 11.3 Å². The summed E-state index contributed by atoms with van der Waals surface area (Å²) in [5.41, 5.74) is 1.83. The van der Waals surface area contributed by atoms with Crippen molar-refractivity contribution >= 4 is 5.78 Å². The molecule has 2 rings (SSSR count). The second-order valence-electron chi connectivity index (χ2n) is 3.54. The summed E-state index contributed by atoms with van der Waals surface area (Å²) < 4.78 is 5.09. The van der Waals surface area contributed by atoms with Gasteiger partial charge in [-0.1, -0.05) is 24.3 Å². The lowest BCUT2D eigenvalue weighted by atomic mass is 10.0. The van der Waals surface area contributed by atoms with Gasteiger partial charge in [-0.05, 0) is 12.5 Å². The summed E-state index contributed by atoms with van der Waals surface area (Å²) in [6.45, 7) is 2.87. The molecule has 0 unspecified atom stereocenters. The van der Waals surface area contributed by atoms with Crippen LogP contribution in [0.2, 0.25) is 0 Å². The minimum Gasteiger partial charge on any atom is -0.479 e. The summed E-state index contributed by atoms with van der Waals surface area (Å²) in [6.07, 6.45) is 3.55. The number of hydrogen-bond acceptors (Lipinski definition) is 3. The van der Waals surface area contributed by atoms with E-state index in [1.807, 2.05) is 35.4 Å². The number of ether oxygens (including phenoxy) is 1. The van der Waals surface area contributed by atoms with E-state index < -0.39 is 0 Å². The topological polar surface area (TPSA) is 29.5 Å². The minimum atomic E-state index is 0.106. The summed E-state index contributed by atoms with van der Waals surface area (Å²) in [6, 6.07) is 7.67. The average Bonchev–Trinajstić information content (AvgIpc) is 2.71. The zero-order valence-corrected chi connectivity index (χ0v) is 8.64. The number of carbonyl (C=O) groups excluding carboxylic acids is 1. The molecule has 0 atom stereocenters. The number of benzene rings is 1. The van der Waals surface area contributed by atoms with E-state index in [1.165, 1.54) is 0 Å². The van der Waals surface area contributed by atoms with Gasteiger partial charge in [0.15, 0.2) is 12.5 Å². The van der Waals surface area contributed by atoms with Crippen LogP contribution in [0.25, 0.3) is 0 Å². The maximum Gasteiger partial charge on any atom is 0.160 e. The van der Waals surface area contributed by atoms with Gasteiger partial charge in [-0.15, -0.1) is 0 Å². The third-order valence-corrected chi connectivity index (χ3v) is 2.38. The van der Waals surface area contributed by atoms with Gasteiger partial charge in [-0.2, -0.15) is 0 Å². The first-order valence-corrected chi connectivity index (χ1v) is 4.88. The van der Waals surface area contributed by atoms with Gasteiger partial charge in [0.2, 0.25) is 0 Å². The number of hydrogen-bond donors (Lipinski definition) is 0. The predicted octanol–water partition coefficient (Wildman–Crippen LogP) is 2.15. The van der Waals surface area contributed by atoms with Gasteiger partial charge in [0.05, 0.1) is 0 Å². The van der Waals surface area contributed by atoms with Crippen molar-refractivity contribution in [3.63, 3.8) is 0 Å². The number of rotatable bonds is 3. The summed E-state index contributed by atoms with van der Waals surface area (Å²) in [7, 11) is 0. The van der Waals surface area contributed by atoms with E-state index in [-0.39, 0.29) is 5.78 Å². The van der Waals surface area contributed by atoms with E-state index in [0.717, 1.165) is 11.1 Å². The van der Waals surface area contributed by atoms with Crippen molar-refractivity contribution in [2.24, 2.45) is 0 Å². The average molecular weight is 203 g/mol. The second-order valence-corrected chi connectivity index (χ2v) is 3.54. The first-order chi connectivity index (χ1) is 7.27. The molecule has 0 aliphatic carbocycles. The highest BCUT2D eigenvalue weighted by molar-refractivity contribution is 5.95. The number of ketones is 1. The molecule has 1 aliphatic heterocycles. The summed E-state index contributed by atoms with van der Waals surface area (Å²) in [5.74, 6) is 0.106. The van der Waals surface area contributed by atoms with E-state index in [1.54, 1.807) is 13.2 Å². The summed E-state index contributed by atoms with van der Waals surface area (Å²) >= 11 is 0. The first kappa shape index (κ1) is 9.77. The smallest absolute Gasteiger partial charge is 0.160 e. The van der Waals surface area contributed by atoms with Crippen LogP contribution < -0.4 is 0 Å². The van der Waals surface area contributed by atoms with Crippen molar-refractivity contribution in [1.82, 2.24) is 4.90 Å². The standard InChI is InChI=1S/C12H13NO2/c1-10(14)12-5-3-2-4-11(12)8-13-6-7-15-9-13/h2-7H,8-9H2,1H3. The van der Waals surface area contributed by atoms with E-state index in [2.05, 4.69) is 0 Å². The van der Waals surface area contributed by atoms with Gasteiger partial charge in [-0.25, -0.2) is 0 Å². The Kier molecular flexibility index (Phi) is 2.72. The van der Waals surface area contributed by atoms with Crippen molar-refractivity contribution in [1.29, 1.82) is 0 Å². The van der Waals surface area contributed by atoms with Crippen molar-refractivity contribution < 1.29 is 9.53 Å². The summed E-state index contributed by atoms with van der Waals surface area (Å²) in [4.78, 5) is 13.4. The molecule has 0 N–H and O–H groups in total. The fraction of sp³-hybridized carbons (Fsp3) is 0.250. The van der Waals surface area contributed by atoms with Crippen LogP contribution in [0.5, 0.6) is 0 Å². The van der Waals surface area contributed by atoms with Crippen LogP contribution in [0.1, 0.15) is 22.8 Å². The van der Waals surface area contributed by atoms with Crippen molar-refractivity contribution in [3.8, 4) is 0 Å². The Morgan fingerprint density at radius 3 is 2.93 bits per heavy atom. The monoisotopic (exact) mass is 203 g/mol. The molecule has 0 aromatic heterocycles. The van der Waals surface area contributed by atoms with E-state index in [0.29, 0.717) is 13.3 Å². The van der Waals surface area contributed by atoms with E-state index in [9.17, 15) is 4.79 Å². The molecule has 0 saturated carbocycles.